The van der Waals surface area contributed by atoms with Crippen molar-refractivity contribution in [3.05, 3.63) is 21.3 Å². The van der Waals surface area contributed by atoms with E-state index in [-0.39, 0.29) is 11.7 Å². The number of thiophene rings is 1. The first-order chi connectivity index (χ1) is 6.65. The van der Waals surface area contributed by atoms with Gasteiger partial charge in [-0.25, -0.2) is 0 Å². The molecule has 0 aliphatic carbocycles. The van der Waals surface area contributed by atoms with Crippen molar-refractivity contribution in [2.45, 2.75) is 13.3 Å². The molecule has 1 rings (SSSR count). The van der Waals surface area contributed by atoms with Crippen LogP contribution in [0.5, 0.6) is 0 Å². The van der Waals surface area contributed by atoms with E-state index in [1.165, 1.54) is 11.3 Å². The lowest BCUT2D eigenvalue weighted by atomic mass is 10.1. The number of carbonyl (C=O) groups excluding carboxylic acids is 1. The van der Waals surface area contributed by atoms with E-state index in [4.69, 9.17) is 16.3 Å². The van der Waals surface area contributed by atoms with Gasteiger partial charge in [0, 0.05) is 20.1 Å². The molecule has 0 radical (unpaired) electrons. The third-order valence-electron chi connectivity index (χ3n) is 1.86. The maximum Gasteiger partial charge on any atom is 0.174 e. The predicted octanol–water partition coefficient (Wildman–Crippen LogP) is 3.26. The van der Waals surface area contributed by atoms with Crippen LogP contribution in [0.1, 0.15) is 23.0 Å². The van der Waals surface area contributed by atoms with Gasteiger partial charge in [0.1, 0.15) is 0 Å². The third-order valence-corrected chi connectivity index (χ3v) is 3.24. The fraction of sp³-hybridized carbons (Fsp3) is 0.500. The van der Waals surface area contributed by atoms with E-state index in [1.807, 2.05) is 12.3 Å². The summed E-state index contributed by atoms with van der Waals surface area (Å²) in [6, 6.07) is 1.75. The molecule has 0 saturated carbocycles. The van der Waals surface area contributed by atoms with Gasteiger partial charge in [-0.05, 0) is 17.4 Å². The van der Waals surface area contributed by atoms with E-state index in [9.17, 15) is 4.79 Å². The van der Waals surface area contributed by atoms with Crippen LogP contribution in [0.15, 0.2) is 11.4 Å². The van der Waals surface area contributed by atoms with Crippen LogP contribution in [-0.2, 0) is 4.74 Å². The molecular weight excluding hydrogens is 220 g/mol. The summed E-state index contributed by atoms with van der Waals surface area (Å²) >= 11 is 7.25. The Morgan fingerprint density at radius 2 is 2.43 bits per heavy atom. The molecule has 0 spiro atoms. The molecule has 0 aliphatic heterocycles. The molecule has 0 bridgehead atoms. The zero-order valence-electron chi connectivity index (χ0n) is 8.25. The van der Waals surface area contributed by atoms with Gasteiger partial charge in [0.05, 0.1) is 9.90 Å². The lowest BCUT2D eigenvalue weighted by molar-refractivity contribution is 0.0924. The highest BCUT2D eigenvalue weighted by atomic mass is 35.5. The van der Waals surface area contributed by atoms with Gasteiger partial charge in [0.15, 0.2) is 5.78 Å². The number of hydrogen-bond donors (Lipinski definition) is 0. The van der Waals surface area contributed by atoms with Crippen molar-refractivity contribution < 1.29 is 9.53 Å². The van der Waals surface area contributed by atoms with Crippen LogP contribution in [0.2, 0.25) is 5.02 Å². The quantitative estimate of drug-likeness (QED) is 0.729. The topological polar surface area (TPSA) is 26.3 Å². The summed E-state index contributed by atoms with van der Waals surface area (Å²) in [7, 11) is 1.64. The summed E-state index contributed by atoms with van der Waals surface area (Å²) in [5.41, 5.74) is 0. The number of ketones is 1. The number of carbonyl (C=O) groups is 1. The maximum absolute atomic E-state index is 11.7. The summed E-state index contributed by atoms with van der Waals surface area (Å²) in [6.45, 7) is 2.59. The normalized spacial score (nSPS) is 12.8. The zero-order chi connectivity index (χ0) is 10.6. The fourth-order valence-corrected chi connectivity index (χ4v) is 2.36. The first-order valence-electron chi connectivity index (χ1n) is 4.40. The molecular formula is C10H13ClO2S. The average molecular weight is 233 g/mol. The van der Waals surface area contributed by atoms with Crippen molar-refractivity contribution >= 4 is 28.7 Å². The van der Waals surface area contributed by atoms with E-state index in [2.05, 4.69) is 0 Å². The van der Waals surface area contributed by atoms with Crippen LogP contribution in [0.4, 0.5) is 0 Å². The molecule has 78 valence electrons. The lowest BCUT2D eigenvalue weighted by Gasteiger charge is -2.07. The Balaban J connectivity index is 2.55. The smallest absolute Gasteiger partial charge is 0.174 e. The number of rotatable bonds is 5. The minimum Gasteiger partial charge on any atom is -0.384 e. The van der Waals surface area contributed by atoms with E-state index >= 15 is 0 Å². The Bertz CT molecular complexity index is 309. The highest BCUT2D eigenvalue weighted by Crippen LogP contribution is 2.24. The van der Waals surface area contributed by atoms with Gasteiger partial charge in [-0.1, -0.05) is 18.5 Å². The molecule has 1 aromatic heterocycles. The molecule has 2 nitrogen and oxygen atoms in total. The maximum atomic E-state index is 11.7. The summed E-state index contributed by atoms with van der Waals surface area (Å²) < 4.78 is 4.97. The van der Waals surface area contributed by atoms with Crippen molar-refractivity contribution in [1.29, 1.82) is 0 Å². The van der Waals surface area contributed by atoms with Crippen LogP contribution in [0, 0.1) is 5.92 Å². The molecule has 0 aliphatic rings. The van der Waals surface area contributed by atoms with Crippen molar-refractivity contribution in [1.82, 2.24) is 0 Å². The van der Waals surface area contributed by atoms with Gasteiger partial charge < -0.3 is 4.74 Å². The Hall–Kier alpha value is -0.380. The zero-order valence-corrected chi connectivity index (χ0v) is 9.82. The molecule has 4 heteroatoms. The molecule has 0 fully saturated rings. The molecule has 1 heterocycles. The molecule has 1 atom stereocenters. The van der Waals surface area contributed by atoms with Crippen LogP contribution in [0.3, 0.4) is 0 Å². The number of ether oxygens (including phenoxy) is 1. The Morgan fingerprint density at radius 3 is 2.93 bits per heavy atom. The number of methoxy groups -OCH3 is 1. The first kappa shape index (κ1) is 11.7. The minimum atomic E-state index is 0.106. The van der Waals surface area contributed by atoms with Crippen LogP contribution >= 0.6 is 22.9 Å². The second-order valence-corrected chi connectivity index (χ2v) is 4.61. The van der Waals surface area contributed by atoms with Gasteiger partial charge in [0.2, 0.25) is 0 Å². The molecule has 0 N–H and O–H groups in total. The van der Waals surface area contributed by atoms with E-state index in [1.54, 1.807) is 13.2 Å². The number of hydrogen-bond acceptors (Lipinski definition) is 3. The number of halogens is 1. The first-order valence-corrected chi connectivity index (χ1v) is 5.66. The van der Waals surface area contributed by atoms with Gasteiger partial charge in [-0.3, -0.25) is 4.79 Å². The van der Waals surface area contributed by atoms with Crippen molar-refractivity contribution in [3.63, 3.8) is 0 Å². The second-order valence-electron chi connectivity index (χ2n) is 3.29. The van der Waals surface area contributed by atoms with Crippen LogP contribution in [-0.4, -0.2) is 19.5 Å². The SMILES string of the molecule is COCC(C)CC(=O)c1sccc1Cl. The van der Waals surface area contributed by atoms with Crippen molar-refractivity contribution in [2.75, 3.05) is 13.7 Å². The largest absolute Gasteiger partial charge is 0.384 e. The van der Waals surface area contributed by atoms with Gasteiger partial charge in [-0.15, -0.1) is 11.3 Å². The molecule has 1 aromatic rings. The standard InChI is InChI=1S/C10H13ClO2S/c1-7(6-13-2)5-9(12)10-8(11)3-4-14-10/h3-4,7H,5-6H2,1-2H3. The van der Waals surface area contributed by atoms with Gasteiger partial charge >= 0.3 is 0 Å². The van der Waals surface area contributed by atoms with E-state index in [0.29, 0.717) is 22.9 Å². The highest BCUT2D eigenvalue weighted by molar-refractivity contribution is 7.12. The highest BCUT2D eigenvalue weighted by Gasteiger charge is 2.15. The molecule has 0 aromatic carbocycles. The Morgan fingerprint density at radius 1 is 1.71 bits per heavy atom. The van der Waals surface area contributed by atoms with E-state index in [0.717, 1.165) is 0 Å². The number of Topliss-reactive ketones (excluding diaryl/α,β-unsaturated/α-hetero) is 1. The summed E-state index contributed by atoms with van der Waals surface area (Å²) in [6.07, 6.45) is 0.494. The molecule has 14 heavy (non-hydrogen) atoms. The van der Waals surface area contributed by atoms with Crippen LogP contribution in [0.25, 0.3) is 0 Å². The van der Waals surface area contributed by atoms with Crippen molar-refractivity contribution in [3.8, 4) is 0 Å². The Labute approximate surface area is 92.8 Å². The van der Waals surface area contributed by atoms with Gasteiger partial charge in [0.25, 0.3) is 0 Å². The summed E-state index contributed by atoms with van der Waals surface area (Å²) in [5, 5.41) is 2.39. The summed E-state index contributed by atoms with van der Waals surface area (Å²) in [4.78, 5) is 12.3. The molecule has 1 unspecified atom stereocenters. The third kappa shape index (κ3) is 3.08. The molecule has 0 amide bonds. The Kier molecular flexibility index (Phi) is 4.58. The second kappa shape index (κ2) is 5.49. The predicted molar refractivity (Wildman–Crippen MR) is 59.3 cm³/mol. The van der Waals surface area contributed by atoms with Gasteiger partial charge in [-0.2, -0.15) is 0 Å². The lowest BCUT2D eigenvalue weighted by Crippen LogP contribution is -2.09. The van der Waals surface area contributed by atoms with Crippen molar-refractivity contribution in [2.24, 2.45) is 5.92 Å². The van der Waals surface area contributed by atoms with Crippen LogP contribution < -0.4 is 0 Å². The minimum absolute atomic E-state index is 0.106. The summed E-state index contributed by atoms with van der Waals surface area (Å²) in [5.74, 6) is 0.347. The molecule has 0 saturated heterocycles. The van der Waals surface area contributed by atoms with E-state index < -0.39 is 0 Å². The average Bonchev–Trinajstić information content (AvgIpc) is 2.51. The monoisotopic (exact) mass is 232 g/mol. The fourth-order valence-electron chi connectivity index (χ4n) is 1.25.